The Morgan fingerprint density at radius 2 is 1.92 bits per heavy atom. The lowest BCUT2D eigenvalue weighted by molar-refractivity contribution is -0.133. The van der Waals surface area contributed by atoms with E-state index in [0.29, 0.717) is 42.4 Å². The highest BCUT2D eigenvalue weighted by Gasteiger charge is 2.28. The van der Waals surface area contributed by atoms with E-state index in [9.17, 15) is 22.4 Å². The summed E-state index contributed by atoms with van der Waals surface area (Å²) < 4.78 is 52.9. The van der Waals surface area contributed by atoms with Crippen LogP contribution in [0.1, 0.15) is 65.4 Å². The van der Waals surface area contributed by atoms with Crippen LogP contribution in [0.2, 0.25) is 0 Å². The summed E-state index contributed by atoms with van der Waals surface area (Å²) >= 11 is 3.21. The number of aromatic nitrogens is 3. The Kier molecular flexibility index (Phi) is 8.34. The van der Waals surface area contributed by atoms with Gasteiger partial charge in [-0.25, -0.2) is 22.5 Å². The molecule has 5 rings (SSSR count). The van der Waals surface area contributed by atoms with Crippen molar-refractivity contribution in [1.29, 1.82) is 0 Å². The summed E-state index contributed by atoms with van der Waals surface area (Å²) in [6, 6.07) is 10.6. The molecule has 7 nitrogen and oxygen atoms in total. The average molecular weight is 568 g/mol. The van der Waals surface area contributed by atoms with Crippen LogP contribution in [0.4, 0.5) is 17.6 Å². The lowest BCUT2D eigenvalue weighted by atomic mass is 9.97. The molecule has 0 radical (unpaired) electrons. The van der Waals surface area contributed by atoms with Crippen LogP contribution in [0.15, 0.2) is 52.9 Å². The van der Waals surface area contributed by atoms with Gasteiger partial charge in [-0.05, 0) is 30.5 Å². The van der Waals surface area contributed by atoms with Gasteiger partial charge in [0.2, 0.25) is 5.91 Å². The summed E-state index contributed by atoms with van der Waals surface area (Å²) in [6.45, 7) is 0.388. The lowest BCUT2D eigenvalue weighted by Gasteiger charge is -2.31. The molecule has 2 aliphatic heterocycles. The highest BCUT2D eigenvalue weighted by atomic mass is 32.2. The maximum Gasteiger partial charge on any atom is 0.282 e. The van der Waals surface area contributed by atoms with E-state index in [1.807, 2.05) is 41.8 Å². The second kappa shape index (κ2) is 11.9. The number of likely N-dealkylation sites (tertiary alicyclic amines) is 1. The van der Waals surface area contributed by atoms with Crippen LogP contribution in [-0.2, 0) is 21.9 Å². The second-order valence-corrected chi connectivity index (χ2v) is 10.9. The number of nitrogens with zero attached hydrogens (tertiary/aromatic N) is 4. The molecule has 13 heteroatoms. The van der Waals surface area contributed by atoms with Crippen LogP contribution in [0, 0.1) is 0 Å². The largest absolute Gasteiger partial charge is 0.341 e. The van der Waals surface area contributed by atoms with Gasteiger partial charge >= 0.3 is 0 Å². The predicted octanol–water partition coefficient (Wildman–Crippen LogP) is 5.97. The Hall–Kier alpha value is -2.90. The van der Waals surface area contributed by atoms with E-state index in [0.717, 1.165) is 21.3 Å². The molecule has 38 heavy (non-hydrogen) atoms. The Bertz CT molecular complexity index is 1280. The van der Waals surface area contributed by atoms with Crippen LogP contribution in [-0.4, -0.2) is 38.7 Å². The third kappa shape index (κ3) is 6.21. The Morgan fingerprint density at radius 3 is 2.63 bits per heavy atom. The zero-order chi connectivity index (χ0) is 26.6. The van der Waals surface area contributed by atoms with Gasteiger partial charge in [-0.2, -0.15) is 5.10 Å². The number of alkyl halides is 4. The zero-order valence-corrected chi connectivity index (χ0v) is 21.7. The van der Waals surface area contributed by atoms with E-state index in [4.69, 9.17) is 9.82 Å². The first-order valence-electron chi connectivity index (χ1n) is 12.0. The molecule has 1 amide bonds. The minimum absolute atomic E-state index is 0.126. The first-order valence-corrected chi connectivity index (χ1v) is 13.9. The Balaban J connectivity index is 1.11. The maximum absolute atomic E-state index is 13.2. The number of amides is 1. The highest BCUT2D eigenvalue weighted by Crippen LogP contribution is 2.34. The summed E-state index contributed by atoms with van der Waals surface area (Å²) in [4.78, 5) is 24.7. The first kappa shape index (κ1) is 26.7. The molecule has 1 atom stereocenters. The number of carbonyl (C=O) groups is 1. The van der Waals surface area contributed by atoms with Gasteiger partial charge in [0.1, 0.15) is 24.0 Å². The Labute approximate surface area is 224 Å². The normalized spacial score (nSPS) is 18.3. The zero-order valence-electron chi connectivity index (χ0n) is 20.1. The van der Waals surface area contributed by atoms with E-state index < -0.39 is 36.7 Å². The molecule has 2 aromatic heterocycles. The molecule has 1 aromatic carbocycles. The van der Waals surface area contributed by atoms with E-state index in [-0.39, 0.29) is 12.0 Å². The molecule has 0 bridgehead atoms. The number of rotatable bonds is 9. The number of nitrogens with one attached hydrogen (secondary N) is 1. The van der Waals surface area contributed by atoms with Crippen molar-refractivity contribution in [1.82, 2.24) is 25.1 Å². The third-order valence-corrected chi connectivity index (χ3v) is 8.45. The SMILES string of the molecule is O=C(Cn1nc(C(F)F)cc1C(F)F)N1CCC(c2nc(CSC3=CC(c4ccccc4)ON3)cs2)CC1. The smallest absolute Gasteiger partial charge is 0.282 e. The molecule has 1 saturated heterocycles. The maximum atomic E-state index is 13.2. The molecule has 1 fully saturated rings. The van der Waals surface area contributed by atoms with Crippen LogP contribution in [0.25, 0.3) is 0 Å². The fourth-order valence-electron chi connectivity index (χ4n) is 4.40. The van der Waals surface area contributed by atoms with Gasteiger partial charge in [0, 0.05) is 30.1 Å². The average Bonchev–Trinajstić information content (AvgIpc) is 3.68. The van der Waals surface area contributed by atoms with Gasteiger partial charge < -0.3 is 4.90 Å². The number of thioether (sulfide) groups is 1. The van der Waals surface area contributed by atoms with Gasteiger partial charge in [0.25, 0.3) is 12.9 Å². The van der Waals surface area contributed by atoms with Crippen molar-refractivity contribution < 1.29 is 27.2 Å². The molecule has 4 heterocycles. The molecule has 3 aromatic rings. The third-order valence-electron chi connectivity index (χ3n) is 6.42. The number of piperidine rings is 1. The predicted molar refractivity (Wildman–Crippen MR) is 136 cm³/mol. The second-order valence-electron chi connectivity index (χ2n) is 8.96. The Morgan fingerprint density at radius 1 is 1.16 bits per heavy atom. The summed E-state index contributed by atoms with van der Waals surface area (Å²) in [5.74, 6) is 0.470. The van der Waals surface area contributed by atoms with Crippen molar-refractivity contribution in [3.05, 3.63) is 80.5 Å². The van der Waals surface area contributed by atoms with E-state index in [1.54, 1.807) is 28.0 Å². The van der Waals surface area contributed by atoms with Crippen LogP contribution < -0.4 is 5.48 Å². The molecule has 0 spiro atoms. The van der Waals surface area contributed by atoms with Crippen LogP contribution >= 0.6 is 23.1 Å². The summed E-state index contributed by atoms with van der Waals surface area (Å²) in [7, 11) is 0. The van der Waals surface area contributed by atoms with E-state index in [1.165, 1.54) is 0 Å². The fourth-order valence-corrected chi connectivity index (χ4v) is 6.28. The van der Waals surface area contributed by atoms with Gasteiger partial charge in [-0.15, -0.1) is 23.1 Å². The molecular weight excluding hydrogens is 542 g/mol. The van der Waals surface area contributed by atoms with Crippen molar-refractivity contribution in [2.45, 2.75) is 50.0 Å². The van der Waals surface area contributed by atoms with Crippen molar-refractivity contribution >= 4 is 29.0 Å². The monoisotopic (exact) mass is 567 g/mol. The molecule has 1 unspecified atom stereocenters. The number of hydrogen-bond donors (Lipinski definition) is 1. The minimum Gasteiger partial charge on any atom is -0.341 e. The summed E-state index contributed by atoms with van der Waals surface area (Å²) in [5, 5.41) is 7.49. The first-order chi connectivity index (χ1) is 18.4. The van der Waals surface area contributed by atoms with E-state index >= 15 is 0 Å². The van der Waals surface area contributed by atoms with Gasteiger partial charge in [0.15, 0.2) is 0 Å². The fraction of sp³-hybridized carbons (Fsp3) is 0.400. The molecule has 0 saturated carbocycles. The van der Waals surface area contributed by atoms with E-state index in [2.05, 4.69) is 10.6 Å². The molecule has 2 aliphatic rings. The standard InChI is InChI=1S/C25H25F4N5O2S2/c26-23(27)18-10-19(24(28)29)34(31-18)12-22(35)33-8-6-16(7-9-33)25-30-17(14-38-25)13-37-21-11-20(36-32-21)15-4-2-1-3-5-15/h1-5,10-11,14,16,20,23-24,32H,6-9,12-13H2. The molecule has 1 N–H and O–H groups in total. The minimum atomic E-state index is -3.00. The lowest BCUT2D eigenvalue weighted by Crippen LogP contribution is -2.40. The number of thiazole rings is 1. The molecular formula is C25H25F4N5O2S2. The number of hydroxylamine groups is 1. The van der Waals surface area contributed by atoms with Crippen LogP contribution in [0.3, 0.4) is 0 Å². The number of benzene rings is 1. The van der Waals surface area contributed by atoms with Gasteiger partial charge in [-0.3, -0.25) is 19.8 Å². The van der Waals surface area contributed by atoms with Crippen molar-refractivity contribution in [3.63, 3.8) is 0 Å². The van der Waals surface area contributed by atoms with Gasteiger partial charge in [-0.1, -0.05) is 30.3 Å². The van der Waals surface area contributed by atoms with Gasteiger partial charge in [0.05, 0.1) is 15.7 Å². The summed E-state index contributed by atoms with van der Waals surface area (Å²) in [6.07, 6.45) is -2.68. The topological polar surface area (TPSA) is 72.3 Å². The van der Waals surface area contributed by atoms with Crippen molar-refractivity contribution in [2.24, 2.45) is 0 Å². The number of hydrogen-bond acceptors (Lipinski definition) is 7. The van der Waals surface area contributed by atoms with Crippen molar-refractivity contribution in [3.8, 4) is 0 Å². The van der Waals surface area contributed by atoms with Crippen LogP contribution in [0.5, 0.6) is 0 Å². The number of halogens is 4. The molecule has 0 aliphatic carbocycles. The van der Waals surface area contributed by atoms with Crippen molar-refractivity contribution in [2.75, 3.05) is 13.1 Å². The quantitative estimate of drug-likeness (QED) is 0.321. The summed E-state index contributed by atoms with van der Waals surface area (Å²) in [5.41, 5.74) is 3.58. The highest BCUT2D eigenvalue weighted by molar-refractivity contribution is 8.02. The number of carbonyl (C=O) groups excluding carboxylic acids is 1. The molecule has 202 valence electrons.